The van der Waals surface area contributed by atoms with Crippen molar-refractivity contribution in [3.8, 4) is 0 Å². The quantitative estimate of drug-likeness (QED) is 0.542. The molecule has 0 heterocycles. The predicted octanol–water partition coefficient (Wildman–Crippen LogP) is 4.26. The molecule has 30 heavy (non-hydrogen) atoms. The molecular formula is C23H23BrN2O3S. The Hall–Kier alpha value is -2.48. The van der Waals surface area contributed by atoms with Crippen LogP contribution in [0.3, 0.4) is 0 Å². The van der Waals surface area contributed by atoms with Gasteiger partial charge in [0.1, 0.15) is 0 Å². The molecule has 1 amide bonds. The fourth-order valence-electron chi connectivity index (χ4n) is 3.13. The molecular weight excluding hydrogens is 464 g/mol. The second-order valence-electron chi connectivity index (χ2n) is 7.02. The molecule has 3 rings (SSSR count). The molecule has 156 valence electrons. The number of rotatable bonds is 7. The summed E-state index contributed by atoms with van der Waals surface area (Å²) >= 11 is 3.27. The Bertz CT molecular complexity index is 1080. The molecule has 0 saturated heterocycles. The van der Waals surface area contributed by atoms with E-state index >= 15 is 0 Å². The molecule has 7 heteroatoms. The molecule has 5 nitrogen and oxygen atoms in total. The van der Waals surface area contributed by atoms with Crippen molar-refractivity contribution >= 4 is 31.9 Å². The third kappa shape index (κ3) is 4.98. The Labute approximate surface area is 185 Å². The van der Waals surface area contributed by atoms with Gasteiger partial charge < -0.3 is 5.32 Å². The van der Waals surface area contributed by atoms with Crippen molar-refractivity contribution in [3.63, 3.8) is 0 Å². The SMILES string of the molecule is CN(C)S(=O)(=O)c1cc(C(=O)NCC(c2ccccc2)c2ccccc2)ccc1Br. The van der Waals surface area contributed by atoms with Crippen LogP contribution < -0.4 is 5.32 Å². The first kappa shape index (κ1) is 22.2. The van der Waals surface area contributed by atoms with Crippen molar-refractivity contribution in [2.75, 3.05) is 20.6 Å². The summed E-state index contributed by atoms with van der Waals surface area (Å²) in [5, 5.41) is 2.96. The average Bonchev–Trinajstić information content (AvgIpc) is 2.75. The monoisotopic (exact) mass is 486 g/mol. The lowest BCUT2D eigenvalue weighted by Gasteiger charge is -2.19. The number of sulfonamides is 1. The van der Waals surface area contributed by atoms with E-state index < -0.39 is 10.0 Å². The van der Waals surface area contributed by atoms with E-state index in [9.17, 15) is 13.2 Å². The maximum atomic E-state index is 12.8. The Morgan fingerprint density at radius 3 is 1.97 bits per heavy atom. The summed E-state index contributed by atoms with van der Waals surface area (Å²) in [6.45, 7) is 0.388. The molecule has 0 unspecified atom stereocenters. The third-order valence-corrected chi connectivity index (χ3v) is 7.63. The molecule has 3 aromatic carbocycles. The Morgan fingerprint density at radius 2 is 1.47 bits per heavy atom. The number of carbonyl (C=O) groups excluding carboxylic acids is 1. The van der Waals surface area contributed by atoms with Gasteiger partial charge >= 0.3 is 0 Å². The summed E-state index contributed by atoms with van der Waals surface area (Å²) in [6, 6.07) is 24.5. The first-order valence-corrected chi connectivity index (χ1v) is 11.6. The van der Waals surface area contributed by atoms with Gasteiger partial charge in [-0.05, 0) is 45.3 Å². The van der Waals surface area contributed by atoms with Crippen molar-refractivity contribution in [2.24, 2.45) is 0 Å². The van der Waals surface area contributed by atoms with E-state index in [4.69, 9.17) is 0 Å². The van der Waals surface area contributed by atoms with Gasteiger partial charge in [0.15, 0.2) is 0 Å². The molecule has 0 bridgehead atoms. The first-order chi connectivity index (χ1) is 14.3. The van der Waals surface area contributed by atoms with Gasteiger partial charge in [-0.2, -0.15) is 0 Å². The van der Waals surface area contributed by atoms with Gasteiger partial charge in [0.2, 0.25) is 10.0 Å². The zero-order chi connectivity index (χ0) is 21.7. The van der Waals surface area contributed by atoms with E-state index in [1.165, 1.54) is 20.2 Å². The molecule has 0 spiro atoms. The second kappa shape index (κ2) is 9.55. The van der Waals surface area contributed by atoms with Crippen LogP contribution in [0, 0.1) is 0 Å². The van der Waals surface area contributed by atoms with Gasteiger partial charge in [0.25, 0.3) is 5.91 Å². The maximum Gasteiger partial charge on any atom is 0.251 e. The van der Waals surface area contributed by atoms with Crippen LogP contribution in [0.2, 0.25) is 0 Å². The molecule has 0 radical (unpaired) electrons. The highest BCUT2D eigenvalue weighted by Gasteiger charge is 2.23. The molecule has 3 aromatic rings. The highest BCUT2D eigenvalue weighted by atomic mass is 79.9. The van der Waals surface area contributed by atoms with Crippen molar-refractivity contribution < 1.29 is 13.2 Å². The molecule has 0 aliphatic carbocycles. The summed E-state index contributed by atoms with van der Waals surface area (Å²) < 4.78 is 26.6. The van der Waals surface area contributed by atoms with Crippen LogP contribution in [0.4, 0.5) is 0 Å². The Kier molecular flexibility index (Phi) is 7.07. The van der Waals surface area contributed by atoms with Gasteiger partial charge in [-0.15, -0.1) is 0 Å². The lowest BCUT2D eigenvalue weighted by Crippen LogP contribution is -2.29. The van der Waals surface area contributed by atoms with Crippen LogP contribution in [0.25, 0.3) is 0 Å². The fourth-order valence-corrected chi connectivity index (χ4v) is 4.98. The first-order valence-electron chi connectivity index (χ1n) is 9.41. The van der Waals surface area contributed by atoms with Gasteiger partial charge in [-0.25, -0.2) is 12.7 Å². The highest BCUT2D eigenvalue weighted by molar-refractivity contribution is 9.10. The standard InChI is InChI=1S/C23H23BrN2O3S/c1-26(2)30(28,29)22-15-19(13-14-21(22)24)23(27)25-16-20(17-9-5-3-6-10-17)18-11-7-4-8-12-18/h3-15,20H,16H2,1-2H3,(H,25,27). The fraction of sp³-hybridized carbons (Fsp3) is 0.174. The number of hydrogen-bond acceptors (Lipinski definition) is 3. The van der Waals surface area contributed by atoms with Gasteiger partial charge in [0.05, 0.1) is 4.90 Å². The molecule has 0 fully saturated rings. The van der Waals surface area contributed by atoms with Crippen LogP contribution in [0.5, 0.6) is 0 Å². The number of halogens is 1. The topological polar surface area (TPSA) is 66.5 Å². The highest BCUT2D eigenvalue weighted by Crippen LogP contribution is 2.26. The molecule has 0 saturated carbocycles. The summed E-state index contributed by atoms with van der Waals surface area (Å²) in [4.78, 5) is 12.9. The minimum atomic E-state index is -3.67. The van der Waals surface area contributed by atoms with E-state index in [1.54, 1.807) is 12.1 Å². The zero-order valence-corrected chi connectivity index (χ0v) is 19.2. The number of nitrogens with one attached hydrogen (secondary N) is 1. The van der Waals surface area contributed by atoms with E-state index in [1.807, 2.05) is 60.7 Å². The van der Waals surface area contributed by atoms with Crippen LogP contribution in [-0.2, 0) is 10.0 Å². The van der Waals surface area contributed by atoms with Crippen molar-refractivity contribution in [2.45, 2.75) is 10.8 Å². The predicted molar refractivity (Wildman–Crippen MR) is 122 cm³/mol. The lowest BCUT2D eigenvalue weighted by atomic mass is 9.91. The minimum Gasteiger partial charge on any atom is -0.351 e. The normalized spacial score (nSPS) is 11.6. The largest absolute Gasteiger partial charge is 0.351 e. The van der Waals surface area contributed by atoms with E-state index in [2.05, 4.69) is 21.2 Å². The number of hydrogen-bond donors (Lipinski definition) is 1. The summed E-state index contributed by atoms with van der Waals surface area (Å²) in [5.41, 5.74) is 2.48. The van der Waals surface area contributed by atoms with Crippen molar-refractivity contribution in [3.05, 3.63) is 100 Å². The van der Waals surface area contributed by atoms with Crippen LogP contribution in [-0.4, -0.2) is 39.3 Å². The second-order valence-corrected chi connectivity index (χ2v) is 9.99. The molecule has 0 aliphatic rings. The molecule has 0 aliphatic heterocycles. The number of amides is 1. The van der Waals surface area contributed by atoms with E-state index in [-0.39, 0.29) is 16.7 Å². The number of carbonyl (C=O) groups is 1. The van der Waals surface area contributed by atoms with E-state index in [0.717, 1.165) is 15.4 Å². The molecule has 1 N–H and O–H groups in total. The average molecular weight is 487 g/mol. The van der Waals surface area contributed by atoms with Gasteiger partial charge in [0, 0.05) is 36.6 Å². The summed E-state index contributed by atoms with van der Waals surface area (Å²) in [5.74, 6) is -0.341. The maximum absolute atomic E-state index is 12.8. The van der Waals surface area contributed by atoms with Gasteiger partial charge in [-0.1, -0.05) is 60.7 Å². The third-order valence-electron chi connectivity index (χ3n) is 4.82. The lowest BCUT2D eigenvalue weighted by molar-refractivity contribution is 0.0952. The number of nitrogens with zero attached hydrogens (tertiary/aromatic N) is 1. The van der Waals surface area contributed by atoms with Crippen LogP contribution >= 0.6 is 15.9 Å². The molecule has 0 aromatic heterocycles. The van der Waals surface area contributed by atoms with Crippen molar-refractivity contribution in [1.82, 2.24) is 9.62 Å². The van der Waals surface area contributed by atoms with Gasteiger partial charge in [-0.3, -0.25) is 4.79 Å². The Balaban J connectivity index is 1.85. The minimum absolute atomic E-state index is 0.0169. The summed E-state index contributed by atoms with van der Waals surface area (Å²) in [7, 11) is -0.760. The Morgan fingerprint density at radius 1 is 0.933 bits per heavy atom. The van der Waals surface area contributed by atoms with Crippen molar-refractivity contribution in [1.29, 1.82) is 0 Å². The van der Waals surface area contributed by atoms with Crippen LogP contribution in [0.1, 0.15) is 27.4 Å². The van der Waals surface area contributed by atoms with E-state index in [0.29, 0.717) is 16.6 Å². The summed E-state index contributed by atoms with van der Waals surface area (Å²) in [6.07, 6.45) is 0. The number of benzene rings is 3. The molecule has 0 atom stereocenters. The smallest absolute Gasteiger partial charge is 0.251 e. The van der Waals surface area contributed by atoms with Crippen LogP contribution in [0.15, 0.2) is 88.2 Å². The zero-order valence-electron chi connectivity index (χ0n) is 16.7.